The molecule has 1 aliphatic carbocycles. The van der Waals surface area contributed by atoms with E-state index in [2.05, 4.69) is 15.5 Å². The number of carbonyl (C=O) groups excluding carboxylic acids is 1. The van der Waals surface area contributed by atoms with Crippen LogP contribution < -0.4 is 5.32 Å². The summed E-state index contributed by atoms with van der Waals surface area (Å²) in [6, 6.07) is 7.08. The summed E-state index contributed by atoms with van der Waals surface area (Å²) in [5, 5.41) is 10.3. The summed E-state index contributed by atoms with van der Waals surface area (Å²) in [6.07, 6.45) is 0.0103. The van der Waals surface area contributed by atoms with Crippen LogP contribution in [0.15, 0.2) is 42.7 Å². The molecular weight excluding hydrogens is 390 g/mol. The van der Waals surface area contributed by atoms with Gasteiger partial charge in [-0.3, -0.25) is 14.2 Å². The van der Waals surface area contributed by atoms with Crippen LogP contribution in [0.4, 0.5) is 23.2 Å². The van der Waals surface area contributed by atoms with Crippen LogP contribution in [0, 0.1) is 5.82 Å². The van der Waals surface area contributed by atoms with E-state index in [0.29, 0.717) is 23.5 Å². The Balaban J connectivity index is 1.42. The first kappa shape index (κ1) is 19.2. The smallest absolute Gasteiger partial charge is 0.322 e. The van der Waals surface area contributed by atoms with Crippen molar-refractivity contribution in [2.45, 2.75) is 38.0 Å². The molecule has 3 aromatic rings. The minimum Gasteiger partial charge on any atom is -0.322 e. The molecule has 0 atom stereocenters. The van der Waals surface area contributed by atoms with E-state index in [1.165, 1.54) is 23.0 Å². The summed E-state index contributed by atoms with van der Waals surface area (Å²) in [7, 11) is 0. The van der Waals surface area contributed by atoms with Gasteiger partial charge in [-0.1, -0.05) is 12.1 Å². The maximum absolute atomic E-state index is 13.3. The fourth-order valence-electron chi connectivity index (χ4n) is 3.08. The molecule has 10 heteroatoms. The van der Waals surface area contributed by atoms with Gasteiger partial charge in [-0.25, -0.2) is 4.39 Å². The van der Waals surface area contributed by atoms with Crippen molar-refractivity contribution in [2.24, 2.45) is 0 Å². The van der Waals surface area contributed by atoms with Crippen LogP contribution >= 0.6 is 0 Å². The lowest BCUT2D eigenvalue weighted by Crippen LogP contribution is -2.21. The van der Waals surface area contributed by atoms with E-state index in [4.69, 9.17) is 0 Å². The Morgan fingerprint density at radius 2 is 2.03 bits per heavy atom. The van der Waals surface area contributed by atoms with Gasteiger partial charge in [0.2, 0.25) is 5.91 Å². The van der Waals surface area contributed by atoms with Crippen LogP contribution in [-0.4, -0.2) is 25.5 Å². The summed E-state index contributed by atoms with van der Waals surface area (Å²) in [5.41, 5.74) is 0.531. The van der Waals surface area contributed by atoms with E-state index in [0.717, 1.165) is 23.6 Å². The fraction of sp³-hybridized carbons (Fsp3) is 0.316. The number of hydrogen-bond acceptors (Lipinski definition) is 3. The number of hydrogen-bond donors (Lipinski definition) is 1. The molecule has 1 N–H and O–H groups in total. The number of carbonyl (C=O) groups is 1. The van der Waals surface area contributed by atoms with E-state index in [1.54, 1.807) is 18.3 Å². The number of rotatable bonds is 6. The second-order valence-corrected chi connectivity index (χ2v) is 6.99. The van der Waals surface area contributed by atoms with Crippen molar-refractivity contribution in [3.63, 3.8) is 0 Å². The number of nitrogens with zero attached hydrogens (tertiary/aromatic N) is 4. The molecule has 0 bridgehead atoms. The third-order valence-corrected chi connectivity index (χ3v) is 4.54. The zero-order valence-corrected chi connectivity index (χ0v) is 15.2. The molecular formula is C19H17F4N5O. The molecule has 29 heavy (non-hydrogen) atoms. The van der Waals surface area contributed by atoms with Gasteiger partial charge in [-0.15, -0.1) is 0 Å². The third kappa shape index (κ3) is 4.64. The number of alkyl halides is 3. The van der Waals surface area contributed by atoms with E-state index < -0.39 is 17.8 Å². The molecule has 1 saturated carbocycles. The van der Waals surface area contributed by atoms with Crippen LogP contribution in [0.1, 0.15) is 35.7 Å². The van der Waals surface area contributed by atoms with Gasteiger partial charge in [0.1, 0.15) is 12.4 Å². The first-order valence-electron chi connectivity index (χ1n) is 8.99. The molecule has 0 radical (unpaired) electrons. The molecule has 152 valence electrons. The molecule has 0 spiro atoms. The van der Waals surface area contributed by atoms with Crippen molar-refractivity contribution in [1.29, 1.82) is 0 Å². The predicted octanol–water partition coefficient (Wildman–Crippen LogP) is 3.80. The largest absolute Gasteiger partial charge is 0.435 e. The Bertz CT molecular complexity index is 1040. The number of halogens is 4. The zero-order valence-electron chi connectivity index (χ0n) is 15.2. The summed E-state index contributed by atoms with van der Waals surface area (Å²) in [6.45, 7) is -0.00938. The second-order valence-electron chi connectivity index (χ2n) is 6.99. The Morgan fingerprint density at radius 1 is 1.24 bits per heavy atom. The van der Waals surface area contributed by atoms with Gasteiger partial charge in [-0.05, 0) is 36.6 Å². The molecule has 2 aromatic heterocycles. The Labute approximate surface area is 163 Å². The number of anilines is 1. The minimum absolute atomic E-state index is 0.0143. The summed E-state index contributed by atoms with van der Waals surface area (Å²) in [5.74, 6) is -0.846. The number of amides is 1. The van der Waals surface area contributed by atoms with Gasteiger partial charge in [0, 0.05) is 17.8 Å². The highest BCUT2D eigenvalue weighted by Gasteiger charge is 2.38. The van der Waals surface area contributed by atoms with Crippen LogP contribution in [0.2, 0.25) is 0 Å². The molecule has 1 aromatic carbocycles. The van der Waals surface area contributed by atoms with Gasteiger partial charge in [-0.2, -0.15) is 23.4 Å². The molecule has 0 saturated heterocycles. The normalized spacial score (nSPS) is 14.2. The van der Waals surface area contributed by atoms with Crippen molar-refractivity contribution < 1.29 is 22.4 Å². The molecule has 4 rings (SSSR count). The Hall–Kier alpha value is -3.17. The molecule has 6 nitrogen and oxygen atoms in total. The number of benzene rings is 1. The summed E-state index contributed by atoms with van der Waals surface area (Å²) in [4.78, 5) is 12.3. The fourth-order valence-corrected chi connectivity index (χ4v) is 3.08. The Kier molecular flexibility index (Phi) is 4.85. The SMILES string of the molecule is O=C(Cn1nc(C(F)(F)F)cc1C1CC1)Nc1cnn(Cc2cccc(F)c2)c1. The average molecular weight is 407 g/mol. The minimum atomic E-state index is -4.55. The quantitative estimate of drug-likeness (QED) is 0.632. The maximum atomic E-state index is 13.3. The summed E-state index contributed by atoms with van der Waals surface area (Å²) >= 11 is 0. The first-order chi connectivity index (χ1) is 13.8. The molecule has 0 aliphatic heterocycles. The number of nitrogens with one attached hydrogen (secondary N) is 1. The van der Waals surface area contributed by atoms with Crippen molar-refractivity contribution in [1.82, 2.24) is 19.6 Å². The van der Waals surface area contributed by atoms with Crippen molar-refractivity contribution >= 4 is 11.6 Å². The van der Waals surface area contributed by atoms with Gasteiger partial charge in [0.15, 0.2) is 5.69 Å². The summed E-state index contributed by atoms with van der Waals surface area (Å²) < 4.78 is 54.7. The second kappa shape index (κ2) is 7.34. The molecule has 1 aliphatic rings. The lowest BCUT2D eigenvalue weighted by atomic mass is 10.2. The average Bonchev–Trinajstić information content (AvgIpc) is 3.24. The number of aromatic nitrogens is 4. The van der Waals surface area contributed by atoms with Crippen LogP contribution in [-0.2, 0) is 24.1 Å². The molecule has 1 amide bonds. The third-order valence-electron chi connectivity index (χ3n) is 4.54. The topological polar surface area (TPSA) is 64.7 Å². The molecule has 1 fully saturated rings. The first-order valence-corrected chi connectivity index (χ1v) is 8.99. The van der Waals surface area contributed by atoms with E-state index >= 15 is 0 Å². The molecule has 0 unspecified atom stereocenters. The highest BCUT2D eigenvalue weighted by Crippen LogP contribution is 2.42. The van der Waals surface area contributed by atoms with Gasteiger partial charge in [0.25, 0.3) is 0 Å². The molecule has 2 heterocycles. The van der Waals surface area contributed by atoms with E-state index in [-0.39, 0.29) is 18.3 Å². The Morgan fingerprint density at radius 3 is 2.72 bits per heavy atom. The van der Waals surface area contributed by atoms with E-state index in [9.17, 15) is 22.4 Å². The van der Waals surface area contributed by atoms with Crippen molar-refractivity contribution in [3.8, 4) is 0 Å². The lowest BCUT2D eigenvalue weighted by Gasteiger charge is -2.07. The predicted molar refractivity (Wildman–Crippen MR) is 95.6 cm³/mol. The van der Waals surface area contributed by atoms with Gasteiger partial charge < -0.3 is 5.32 Å². The van der Waals surface area contributed by atoms with Crippen LogP contribution in [0.25, 0.3) is 0 Å². The van der Waals surface area contributed by atoms with Crippen LogP contribution in [0.3, 0.4) is 0 Å². The van der Waals surface area contributed by atoms with Gasteiger partial charge >= 0.3 is 6.18 Å². The zero-order chi connectivity index (χ0) is 20.6. The van der Waals surface area contributed by atoms with Crippen molar-refractivity contribution in [3.05, 3.63) is 65.5 Å². The van der Waals surface area contributed by atoms with Crippen molar-refractivity contribution in [2.75, 3.05) is 5.32 Å². The van der Waals surface area contributed by atoms with Crippen LogP contribution in [0.5, 0.6) is 0 Å². The van der Waals surface area contributed by atoms with E-state index in [1.807, 2.05) is 0 Å². The van der Waals surface area contributed by atoms with Gasteiger partial charge in [0.05, 0.1) is 18.4 Å². The monoisotopic (exact) mass is 407 g/mol. The lowest BCUT2D eigenvalue weighted by molar-refractivity contribution is -0.141. The standard InChI is InChI=1S/C19H17F4N5O/c20-14-3-1-2-12(6-14)9-27-10-15(8-24-27)25-18(29)11-28-16(13-4-5-13)7-17(26-28)19(21,22)23/h1-3,6-8,10,13H,4-5,9,11H2,(H,25,29). The highest BCUT2D eigenvalue weighted by molar-refractivity contribution is 5.90. The maximum Gasteiger partial charge on any atom is 0.435 e. The highest BCUT2D eigenvalue weighted by atomic mass is 19.4.